The number of amides is 5. The molecule has 5 N–H and O–H groups in total. The average molecular weight is 756 g/mol. The van der Waals surface area contributed by atoms with Crippen molar-refractivity contribution in [3.05, 3.63) is 96.5 Å². The first kappa shape index (κ1) is 42.6. The molecule has 11 nitrogen and oxygen atoms in total. The molecule has 1 aromatic carbocycles. The first-order valence-corrected chi connectivity index (χ1v) is 19.1. The number of nitrogens with one attached hydrogen (secondary N) is 5. The van der Waals surface area contributed by atoms with Crippen LogP contribution in [0.2, 0.25) is 0 Å². The van der Waals surface area contributed by atoms with Crippen LogP contribution in [-0.4, -0.2) is 62.3 Å². The maximum Gasteiger partial charge on any atom is 0.265 e. The molecule has 14 heteroatoms. The van der Waals surface area contributed by atoms with Gasteiger partial charge in [0.15, 0.2) is 0 Å². The van der Waals surface area contributed by atoms with E-state index in [1.165, 1.54) is 41.1 Å². The molecule has 3 heterocycles. The van der Waals surface area contributed by atoms with Crippen LogP contribution in [-0.2, 0) is 9.59 Å². The Morgan fingerprint density at radius 2 is 1.37 bits per heavy atom. The van der Waals surface area contributed by atoms with Crippen molar-refractivity contribution in [1.82, 2.24) is 26.6 Å². The van der Waals surface area contributed by atoms with Gasteiger partial charge in [0.05, 0.1) is 29.5 Å². The lowest BCUT2D eigenvalue weighted by Crippen LogP contribution is -2.46. The Kier molecular flexibility index (Phi) is 18.7. The summed E-state index contributed by atoms with van der Waals surface area (Å²) in [7, 11) is 3.08. The monoisotopic (exact) mass is 755 g/mol. The number of likely N-dealkylation sites (N-methyl/N-ethyl adjacent to an activating group) is 1. The number of hydrogen-bond donors (Lipinski definition) is 5. The van der Waals surface area contributed by atoms with Crippen molar-refractivity contribution in [3.8, 4) is 5.75 Å². The highest BCUT2D eigenvalue weighted by Gasteiger charge is 2.23. The number of carbonyl (C=O) groups excluding carboxylic acids is 5. The normalized spacial score (nSPS) is 11.5. The van der Waals surface area contributed by atoms with Crippen molar-refractivity contribution in [2.24, 2.45) is 5.92 Å². The van der Waals surface area contributed by atoms with Crippen molar-refractivity contribution in [2.75, 3.05) is 20.7 Å². The smallest absolute Gasteiger partial charge is 0.265 e. The predicted molar refractivity (Wildman–Crippen MR) is 207 cm³/mol. The van der Waals surface area contributed by atoms with E-state index in [1.807, 2.05) is 88.7 Å². The molecule has 2 atom stereocenters. The molecule has 2 unspecified atom stereocenters. The Morgan fingerprint density at radius 1 is 0.725 bits per heavy atom. The SMILES string of the molecule is CC(NC(=O)CNC(=O)c1cccs1)c1ccccc1.CNC(=O)C(CC(C)C)NC(=O)c1sccc1OC.Cc1ccsc1C(=O)NC(C)C. The number of hydrogen-bond acceptors (Lipinski definition) is 9. The van der Waals surface area contributed by atoms with Gasteiger partial charge in [0.1, 0.15) is 16.7 Å². The minimum atomic E-state index is -0.524. The highest BCUT2D eigenvalue weighted by molar-refractivity contribution is 7.12. The molecule has 4 rings (SSSR count). The van der Waals surface area contributed by atoms with Gasteiger partial charge in [0.2, 0.25) is 11.8 Å². The summed E-state index contributed by atoms with van der Waals surface area (Å²) in [5, 5.41) is 19.2. The number of carbonyl (C=O) groups is 5. The average Bonchev–Trinajstić information content (AvgIpc) is 3.89. The Balaban J connectivity index is 0.000000274. The zero-order chi connectivity index (χ0) is 37.9. The maximum atomic E-state index is 12.1. The third-order valence-corrected chi connectivity index (χ3v) is 9.73. The number of aryl methyl sites for hydroxylation is 1. The highest BCUT2D eigenvalue weighted by Crippen LogP contribution is 2.24. The zero-order valence-corrected chi connectivity index (χ0v) is 32.8. The van der Waals surface area contributed by atoms with E-state index >= 15 is 0 Å². The van der Waals surface area contributed by atoms with E-state index in [1.54, 1.807) is 30.6 Å². The minimum absolute atomic E-state index is 0.0199. The standard InChI is InChI=1S/C15H16N2O2S.C13H20N2O3S.C9H13NOS/c1-11(12-6-3-2-4-7-12)17-14(18)10-16-15(19)13-8-5-9-20-13;1-8(2)7-9(12(16)14-3)15-13(17)11-10(18-4)5-6-19-11;1-6(2)10-9(11)8-7(3)4-5-12-8/h2-9,11H,10H2,1H3,(H,16,19)(H,17,18);5-6,8-9H,7H2,1-4H3,(H,14,16)(H,15,17);4-6H,1-3H3,(H,10,11). The molecule has 51 heavy (non-hydrogen) atoms. The topological polar surface area (TPSA) is 155 Å². The molecule has 0 saturated heterocycles. The van der Waals surface area contributed by atoms with Gasteiger partial charge in [-0.2, -0.15) is 0 Å². The van der Waals surface area contributed by atoms with Crippen LogP contribution in [0.1, 0.15) is 87.2 Å². The van der Waals surface area contributed by atoms with E-state index < -0.39 is 6.04 Å². The maximum absolute atomic E-state index is 12.1. The van der Waals surface area contributed by atoms with Crippen LogP contribution in [0.25, 0.3) is 0 Å². The quantitative estimate of drug-likeness (QED) is 0.110. The second kappa shape index (κ2) is 22.3. The van der Waals surface area contributed by atoms with Gasteiger partial charge in [-0.1, -0.05) is 50.2 Å². The van der Waals surface area contributed by atoms with E-state index in [4.69, 9.17) is 4.74 Å². The summed E-state index contributed by atoms with van der Waals surface area (Å²) < 4.78 is 5.10. The molecule has 0 saturated carbocycles. The van der Waals surface area contributed by atoms with Crippen LogP contribution in [0, 0.1) is 12.8 Å². The molecular weight excluding hydrogens is 707 g/mol. The molecule has 0 spiro atoms. The number of ether oxygens (including phenoxy) is 1. The van der Waals surface area contributed by atoms with Crippen LogP contribution in [0.4, 0.5) is 0 Å². The molecular formula is C37H49N5O6S3. The van der Waals surface area contributed by atoms with Crippen molar-refractivity contribution in [2.45, 2.75) is 66.1 Å². The lowest BCUT2D eigenvalue weighted by atomic mass is 10.0. The summed E-state index contributed by atoms with van der Waals surface area (Å²) in [6.07, 6.45) is 0.596. The van der Waals surface area contributed by atoms with Gasteiger partial charge in [-0.05, 0) is 85.5 Å². The zero-order valence-electron chi connectivity index (χ0n) is 30.3. The van der Waals surface area contributed by atoms with Crippen molar-refractivity contribution < 1.29 is 28.7 Å². The van der Waals surface area contributed by atoms with Gasteiger partial charge < -0.3 is 31.3 Å². The molecule has 0 radical (unpaired) electrons. The second-order valence-corrected chi connectivity index (χ2v) is 14.8. The molecule has 3 aromatic heterocycles. The third-order valence-electron chi connectivity index (χ3n) is 6.95. The lowest BCUT2D eigenvalue weighted by molar-refractivity contribution is -0.123. The Hall–Kier alpha value is -4.53. The number of rotatable bonds is 13. The number of methoxy groups -OCH3 is 1. The predicted octanol–water partition coefficient (Wildman–Crippen LogP) is 6.20. The van der Waals surface area contributed by atoms with Crippen LogP contribution in [0.5, 0.6) is 5.75 Å². The van der Waals surface area contributed by atoms with E-state index in [0.29, 0.717) is 27.8 Å². The van der Waals surface area contributed by atoms with Crippen LogP contribution in [0.15, 0.2) is 70.7 Å². The molecule has 276 valence electrons. The highest BCUT2D eigenvalue weighted by atomic mass is 32.1. The second-order valence-electron chi connectivity index (χ2n) is 12.0. The fourth-order valence-corrected chi connectivity index (χ4v) is 6.66. The molecule has 0 fully saturated rings. The minimum Gasteiger partial charge on any atom is -0.495 e. The summed E-state index contributed by atoms with van der Waals surface area (Å²) in [6.45, 7) is 11.8. The van der Waals surface area contributed by atoms with Gasteiger partial charge in [0.25, 0.3) is 17.7 Å². The van der Waals surface area contributed by atoms with E-state index in [-0.39, 0.29) is 48.2 Å². The third kappa shape index (κ3) is 15.1. The van der Waals surface area contributed by atoms with Crippen molar-refractivity contribution in [1.29, 1.82) is 0 Å². The van der Waals surface area contributed by atoms with Crippen molar-refractivity contribution >= 4 is 63.5 Å². The molecule has 0 bridgehead atoms. The first-order chi connectivity index (χ1) is 24.3. The summed E-state index contributed by atoms with van der Waals surface area (Å²) in [4.78, 5) is 60.7. The first-order valence-electron chi connectivity index (χ1n) is 16.4. The molecule has 0 aliphatic carbocycles. The van der Waals surface area contributed by atoms with Crippen molar-refractivity contribution in [3.63, 3.8) is 0 Å². The molecule has 5 amide bonds. The van der Waals surface area contributed by atoms with E-state index in [9.17, 15) is 24.0 Å². The molecule has 0 aliphatic heterocycles. The number of thiophene rings is 3. The fraction of sp³-hybridized carbons (Fsp3) is 0.378. The Morgan fingerprint density at radius 3 is 1.92 bits per heavy atom. The van der Waals surface area contributed by atoms with Gasteiger partial charge in [-0.3, -0.25) is 24.0 Å². The van der Waals surface area contributed by atoms with Gasteiger partial charge in [0, 0.05) is 13.1 Å². The Bertz CT molecular complexity index is 1670. The summed E-state index contributed by atoms with van der Waals surface area (Å²) >= 11 is 4.13. The van der Waals surface area contributed by atoms with Crippen LogP contribution < -0.4 is 31.3 Å². The fourth-order valence-electron chi connectivity index (χ4n) is 4.43. The lowest BCUT2D eigenvalue weighted by Gasteiger charge is -2.19. The number of benzene rings is 1. The van der Waals surface area contributed by atoms with Gasteiger partial charge in [-0.25, -0.2) is 0 Å². The van der Waals surface area contributed by atoms with Gasteiger partial charge >= 0.3 is 0 Å². The van der Waals surface area contributed by atoms with Crippen LogP contribution >= 0.6 is 34.0 Å². The summed E-state index contributed by atoms with van der Waals surface area (Å²) in [5.74, 6) is 0.000446. The van der Waals surface area contributed by atoms with E-state index in [0.717, 1.165) is 16.0 Å². The summed E-state index contributed by atoms with van der Waals surface area (Å²) in [5.41, 5.74) is 2.09. The molecule has 4 aromatic rings. The van der Waals surface area contributed by atoms with E-state index in [2.05, 4.69) is 26.6 Å². The Labute approximate surface area is 312 Å². The molecule has 0 aliphatic rings. The summed E-state index contributed by atoms with van der Waals surface area (Å²) in [6, 6.07) is 16.5. The largest absolute Gasteiger partial charge is 0.495 e. The van der Waals surface area contributed by atoms with Gasteiger partial charge in [-0.15, -0.1) is 34.0 Å². The van der Waals surface area contributed by atoms with Crippen LogP contribution in [0.3, 0.4) is 0 Å².